The molecule has 0 aromatic carbocycles. The molecule has 0 radical (unpaired) electrons. The van der Waals surface area contributed by atoms with Gasteiger partial charge in [0.25, 0.3) is 0 Å². The predicted molar refractivity (Wildman–Crippen MR) is 125 cm³/mol. The second kappa shape index (κ2) is 18.8. The lowest BCUT2D eigenvalue weighted by Gasteiger charge is -2.25. The molecule has 0 N–H and O–H groups in total. The van der Waals surface area contributed by atoms with Crippen LogP contribution in [0.1, 0.15) is 119 Å². The fraction of sp³-hybridized carbons (Fsp3) is 1.00. The summed E-state index contributed by atoms with van der Waals surface area (Å²) in [5.41, 5.74) is 0. The summed E-state index contributed by atoms with van der Waals surface area (Å²) in [5, 5.41) is 0. The van der Waals surface area contributed by atoms with E-state index in [-0.39, 0.29) is 0 Å². The zero-order valence-electron chi connectivity index (χ0n) is 20.4. The van der Waals surface area contributed by atoms with Crippen molar-refractivity contribution in [1.29, 1.82) is 0 Å². The zero-order chi connectivity index (χ0) is 22.0. The molecule has 0 saturated carbocycles. The highest BCUT2D eigenvalue weighted by molar-refractivity contribution is 7.48. The summed E-state index contributed by atoms with van der Waals surface area (Å²) in [6.45, 7) is 14.5. The second-order valence-corrected chi connectivity index (χ2v) is 10.3. The van der Waals surface area contributed by atoms with Crippen LogP contribution in [0.25, 0.3) is 0 Å². The van der Waals surface area contributed by atoms with E-state index in [0.717, 1.165) is 38.5 Å². The van der Waals surface area contributed by atoms with Crippen molar-refractivity contribution in [3.8, 4) is 0 Å². The molecule has 0 unspecified atom stereocenters. The molecule has 0 fully saturated rings. The average Bonchev–Trinajstić information content (AvgIpc) is 2.74. The largest absolute Gasteiger partial charge is 0.474 e. The normalized spacial score (nSPS) is 15.4. The lowest BCUT2D eigenvalue weighted by atomic mass is 10.0. The second-order valence-electron chi connectivity index (χ2n) is 8.58. The van der Waals surface area contributed by atoms with Crippen molar-refractivity contribution in [2.45, 2.75) is 119 Å². The van der Waals surface area contributed by atoms with Crippen molar-refractivity contribution in [3.05, 3.63) is 0 Å². The molecule has 0 saturated heterocycles. The Morgan fingerprint density at radius 1 is 0.552 bits per heavy atom. The van der Waals surface area contributed by atoms with E-state index in [9.17, 15) is 4.57 Å². The molecule has 0 spiro atoms. The first-order valence-electron chi connectivity index (χ1n) is 12.5. The van der Waals surface area contributed by atoms with E-state index in [2.05, 4.69) is 41.5 Å². The minimum Gasteiger partial charge on any atom is -0.287 e. The molecule has 0 amide bonds. The molecular formula is C24H51O4P. The van der Waals surface area contributed by atoms with Gasteiger partial charge in [-0.05, 0) is 37.0 Å². The summed E-state index contributed by atoms with van der Waals surface area (Å²) < 4.78 is 31.1. The monoisotopic (exact) mass is 434 g/mol. The maximum atomic E-state index is 13.4. The molecule has 5 heteroatoms. The van der Waals surface area contributed by atoms with Crippen LogP contribution in [0.2, 0.25) is 0 Å². The van der Waals surface area contributed by atoms with Crippen LogP contribution in [0, 0.1) is 17.8 Å². The molecule has 29 heavy (non-hydrogen) atoms. The topological polar surface area (TPSA) is 44.8 Å². The molecule has 0 rings (SSSR count). The Morgan fingerprint density at radius 2 is 0.828 bits per heavy atom. The van der Waals surface area contributed by atoms with E-state index in [4.69, 9.17) is 13.6 Å². The maximum Gasteiger partial charge on any atom is 0.474 e. The summed E-state index contributed by atoms with van der Waals surface area (Å²) in [6.07, 6.45) is 13.5. The first-order chi connectivity index (χ1) is 14.0. The Balaban J connectivity index is 4.91. The fourth-order valence-corrected chi connectivity index (χ4v) is 4.80. The van der Waals surface area contributed by atoms with Crippen molar-refractivity contribution >= 4 is 7.82 Å². The highest BCUT2D eigenvalue weighted by Gasteiger charge is 2.30. The first-order valence-corrected chi connectivity index (χ1v) is 14.0. The maximum absolute atomic E-state index is 13.4. The average molecular weight is 435 g/mol. The minimum atomic E-state index is -3.52. The van der Waals surface area contributed by atoms with Crippen molar-refractivity contribution in [3.63, 3.8) is 0 Å². The van der Waals surface area contributed by atoms with E-state index in [1.54, 1.807) is 0 Å². The van der Waals surface area contributed by atoms with Crippen LogP contribution >= 0.6 is 7.82 Å². The molecule has 0 aliphatic rings. The van der Waals surface area contributed by atoms with Gasteiger partial charge in [-0.1, -0.05) is 99.3 Å². The summed E-state index contributed by atoms with van der Waals surface area (Å²) in [6, 6.07) is 0. The fourth-order valence-electron chi connectivity index (χ4n) is 3.40. The quantitative estimate of drug-likeness (QED) is 0.169. The van der Waals surface area contributed by atoms with Crippen molar-refractivity contribution < 1.29 is 18.1 Å². The van der Waals surface area contributed by atoms with Gasteiger partial charge in [-0.2, -0.15) is 0 Å². The predicted octanol–water partition coefficient (Wildman–Crippen LogP) is 8.79. The number of hydrogen-bond donors (Lipinski definition) is 0. The van der Waals surface area contributed by atoms with Crippen molar-refractivity contribution in [2.24, 2.45) is 17.8 Å². The number of hydrogen-bond acceptors (Lipinski definition) is 4. The Kier molecular flexibility index (Phi) is 18.9. The Morgan fingerprint density at radius 3 is 1.03 bits per heavy atom. The third kappa shape index (κ3) is 14.7. The van der Waals surface area contributed by atoms with Gasteiger partial charge in [0.15, 0.2) is 0 Å². The molecule has 4 nitrogen and oxygen atoms in total. The molecule has 0 aliphatic heterocycles. The molecular weight excluding hydrogens is 383 g/mol. The van der Waals surface area contributed by atoms with Crippen LogP contribution in [-0.2, 0) is 18.1 Å². The molecule has 176 valence electrons. The number of phosphoric acid groups is 1. The van der Waals surface area contributed by atoms with Crippen LogP contribution in [0.5, 0.6) is 0 Å². The lowest BCUT2D eigenvalue weighted by Crippen LogP contribution is -2.16. The first kappa shape index (κ1) is 29.1. The lowest BCUT2D eigenvalue weighted by molar-refractivity contribution is 0.0732. The van der Waals surface area contributed by atoms with Gasteiger partial charge >= 0.3 is 7.82 Å². The third-order valence-electron chi connectivity index (χ3n) is 6.03. The van der Waals surface area contributed by atoms with Gasteiger partial charge in [-0.25, -0.2) is 4.57 Å². The van der Waals surface area contributed by atoms with E-state index in [0.29, 0.717) is 37.6 Å². The van der Waals surface area contributed by atoms with Gasteiger partial charge in [-0.15, -0.1) is 0 Å². The number of phosphoric ester groups is 1. The van der Waals surface area contributed by atoms with Gasteiger partial charge in [0.2, 0.25) is 0 Å². The molecule has 0 aliphatic carbocycles. The van der Waals surface area contributed by atoms with Crippen LogP contribution in [0.4, 0.5) is 0 Å². The van der Waals surface area contributed by atoms with Gasteiger partial charge < -0.3 is 0 Å². The van der Waals surface area contributed by atoms with Crippen molar-refractivity contribution in [1.82, 2.24) is 0 Å². The smallest absolute Gasteiger partial charge is 0.287 e. The summed E-state index contributed by atoms with van der Waals surface area (Å²) in [5.74, 6) is 1.25. The van der Waals surface area contributed by atoms with Crippen LogP contribution in [0.15, 0.2) is 0 Å². The van der Waals surface area contributed by atoms with Crippen molar-refractivity contribution in [2.75, 3.05) is 19.8 Å². The molecule has 0 aromatic heterocycles. The van der Waals surface area contributed by atoms with Crippen LogP contribution in [0.3, 0.4) is 0 Å². The van der Waals surface area contributed by atoms with E-state index in [1.165, 1.54) is 38.5 Å². The highest BCUT2D eigenvalue weighted by Crippen LogP contribution is 2.51. The van der Waals surface area contributed by atoms with Gasteiger partial charge in [0.1, 0.15) is 0 Å². The highest BCUT2D eigenvalue weighted by atomic mass is 31.2. The van der Waals surface area contributed by atoms with E-state index in [1.807, 2.05) is 0 Å². The number of rotatable bonds is 21. The molecule has 0 aromatic rings. The Bertz CT molecular complexity index is 345. The van der Waals surface area contributed by atoms with Crippen LogP contribution in [-0.4, -0.2) is 19.8 Å². The van der Waals surface area contributed by atoms with Gasteiger partial charge in [-0.3, -0.25) is 13.6 Å². The summed E-state index contributed by atoms with van der Waals surface area (Å²) in [7, 11) is -3.52. The van der Waals surface area contributed by atoms with Gasteiger partial charge in [0.05, 0.1) is 19.8 Å². The zero-order valence-corrected chi connectivity index (χ0v) is 21.3. The Hall–Kier alpha value is 0.110. The van der Waals surface area contributed by atoms with Gasteiger partial charge in [0, 0.05) is 0 Å². The Labute approximate surface area is 182 Å². The number of unbranched alkanes of at least 4 members (excludes halogenated alkanes) is 3. The molecule has 3 atom stereocenters. The third-order valence-corrected chi connectivity index (χ3v) is 7.43. The molecule has 0 bridgehead atoms. The SMILES string of the molecule is CCCC[C@@H](CC)COP(=O)(OC[C@@H](CC)CCCC)OC[C@@H](CC)CCCC. The van der Waals surface area contributed by atoms with E-state index >= 15 is 0 Å². The molecule has 0 heterocycles. The van der Waals surface area contributed by atoms with Crippen LogP contribution < -0.4 is 0 Å². The standard InChI is InChI=1S/C24H51O4P/c1-7-13-16-22(10-4)19-26-29(25,27-20-23(11-5)17-14-8-2)28-21-24(12-6)18-15-9-3/h22-24H,7-21H2,1-6H3/t22-,23-,24+/m0/s1. The van der Waals surface area contributed by atoms with E-state index < -0.39 is 7.82 Å². The minimum absolute atomic E-state index is 0.416. The summed E-state index contributed by atoms with van der Waals surface area (Å²) >= 11 is 0. The summed E-state index contributed by atoms with van der Waals surface area (Å²) in [4.78, 5) is 0.